The summed E-state index contributed by atoms with van der Waals surface area (Å²) in [5.41, 5.74) is 1.62. The molecule has 0 amide bonds. The molecule has 0 saturated heterocycles. The predicted molar refractivity (Wildman–Crippen MR) is 97.1 cm³/mol. The number of nitrogens with zero attached hydrogens (tertiary/aromatic N) is 1. The number of allylic oxidation sites excluding steroid dienone is 1. The van der Waals surface area contributed by atoms with E-state index in [0.717, 1.165) is 15.2 Å². The van der Waals surface area contributed by atoms with E-state index in [1.807, 2.05) is 54.6 Å². The van der Waals surface area contributed by atoms with Gasteiger partial charge in [0.15, 0.2) is 16.6 Å². The molecule has 4 aromatic rings. The van der Waals surface area contributed by atoms with E-state index in [2.05, 4.69) is 4.98 Å². The van der Waals surface area contributed by atoms with Gasteiger partial charge < -0.3 is 4.42 Å². The fourth-order valence-electron chi connectivity index (χ4n) is 2.39. The SMILES string of the molecule is O=C(/C=C/c1ccc(-c2nc3ccccc3s2)o1)c1ccccc1. The van der Waals surface area contributed by atoms with E-state index in [1.54, 1.807) is 29.5 Å². The topological polar surface area (TPSA) is 43.1 Å². The van der Waals surface area contributed by atoms with Crippen LogP contribution in [0.5, 0.6) is 0 Å². The molecule has 4 rings (SSSR count). The molecule has 3 nitrogen and oxygen atoms in total. The Labute approximate surface area is 142 Å². The Hall–Kier alpha value is -2.98. The number of hydrogen-bond donors (Lipinski definition) is 0. The van der Waals surface area contributed by atoms with Crippen LogP contribution in [0.4, 0.5) is 0 Å². The first kappa shape index (κ1) is 14.6. The highest BCUT2D eigenvalue weighted by molar-refractivity contribution is 7.21. The maximum absolute atomic E-state index is 12.1. The van der Waals surface area contributed by atoms with Crippen LogP contribution in [0.25, 0.3) is 27.1 Å². The van der Waals surface area contributed by atoms with Gasteiger partial charge in [-0.05, 0) is 36.4 Å². The molecule has 0 bridgehead atoms. The van der Waals surface area contributed by atoms with E-state index < -0.39 is 0 Å². The van der Waals surface area contributed by atoms with Gasteiger partial charge in [0.25, 0.3) is 0 Å². The number of carbonyl (C=O) groups is 1. The zero-order chi connectivity index (χ0) is 16.4. The number of hydrogen-bond acceptors (Lipinski definition) is 4. The van der Waals surface area contributed by atoms with Crippen LogP contribution in [0.15, 0.2) is 77.2 Å². The van der Waals surface area contributed by atoms with Gasteiger partial charge in [-0.2, -0.15) is 0 Å². The number of ketones is 1. The lowest BCUT2D eigenvalue weighted by atomic mass is 10.1. The van der Waals surface area contributed by atoms with E-state index >= 15 is 0 Å². The summed E-state index contributed by atoms with van der Waals surface area (Å²) < 4.78 is 6.92. The molecule has 2 aromatic heterocycles. The maximum atomic E-state index is 12.1. The van der Waals surface area contributed by atoms with Gasteiger partial charge in [0.1, 0.15) is 5.76 Å². The number of para-hydroxylation sites is 1. The number of furan rings is 1. The van der Waals surface area contributed by atoms with E-state index in [0.29, 0.717) is 17.1 Å². The van der Waals surface area contributed by atoms with Crippen molar-refractivity contribution < 1.29 is 9.21 Å². The smallest absolute Gasteiger partial charge is 0.185 e. The Morgan fingerprint density at radius 2 is 1.75 bits per heavy atom. The summed E-state index contributed by atoms with van der Waals surface area (Å²) >= 11 is 1.59. The molecule has 0 radical (unpaired) electrons. The fourth-order valence-corrected chi connectivity index (χ4v) is 3.32. The minimum absolute atomic E-state index is 0.0477. The second-order valence-electron chi connectivity index (χ2n) is 5.25. The lowest BCUT2D eigenvalue weighted by molar-refractivity contribution is 0.104. The van der Waals surface area contributed by atoms with Crippen LogP contribution in [0.3, 0.4) is 0 Å². The second-order valence-corrected chi connectivity index (χ2v) is 6.28. The summed E-state index contributed by atoms with van der Waals surface area (Å²) in [6.07, 6.45) is 3.21. The maximum Gasteiger partial charge on any atom is 0.185 e. The zero-order valence-electron chi connectivity index (χ0n) is 12.7. The van der Waals surface area contributed by atoms with Gasteiger partial charge in [0.05, 0.1) is 10.2 Å². The lowest BCUT2D eigenvalue weighted by Crippen LogP contribution is -1.92. The number of thiazole rings is 1. The summed E-state index contributed by atoms with van der Waals surface area (Å²) in [6, 6.07) is 20.9. The highest BCUT2D eigenvalue weighted by Crippen LogP contribution is 2.31. The highest BCUT2D eigenvalue weighted by atomic mass is 32.1. The molecule has 116 valence electrons. The molecular formula is C20H13NO2S. The number of fused-ring (bicyclic) bond motifs is 1. The molecule has 4 heteroatoms. The van der Waals surface area contributed by atoms with Crippen LogP contribution in [0.1, 0.15) is 16.1 Å². The van der Waals surface area contributed by atoms with E-state index in [4.69, 9.17) is 4.42 Å². The quantitative estimate of drug-likeness (QED) is 0.369. The Morgan fingerprint density at radius 1 is 0.958 bits per heavy atom. The fraction of sp³-hybridized carbons (Fsp3) is 0. The summed E-state index contributed by atoms with van der Waals surface area (Å²) in [5.74, 6) is 1.30. The van der Waals surface area contributed by atoms with Crippen LogP contribution < -0.4 is 0 Å². The molecule has 0 N–H and O–H groups in total. The molecule has 0 fully saturated rings. The summed E-state index contributed by atoms with van der Waals surface area (Å²) in [4.78, 5) is 16.6. The minimum Gasteiger partial charge on any atom is -0.454 e. The molecule has 0 saturated carbocycles. The number of benzene rings is 2. The Balaban J connectivity index is 1.56. The molecular weight excluding hydrogens is 318 g/mol. The third-order valence-electron chi connectivity index (χ3n) is 3.59. The van der Waals surface area contributed by atoms with Crippen LogP contribution in [-0.4, -0.2) is 10.8 Å². The van der Waals surface area contributed by atoms with Crippen molar-refractivity contribution in [1.29, 1.82) is 0 Å². The van der Waals surface area contributed by atoms with Crippen LogP contribution >= 0.6 is 11.3 Å². The molecule has 0 atom stereocenters. The molecule has 2 heterocycles. The largest absolute Gasteiger partial charge is 0.454 e. The van der Waals surface area contributed by atoms with Crippen molar-refractivity contribution >= 4 is 33.4 Å². The van der Waals surface area contributed by atoms with Gasteiger partial charge in [-0.1, -0.05) is 42.5 Å². The van der Waals surface area contributed by atoms with Crippen molar-refractivity contribution in [3.05, 3.63) is 84.1 Å². The molecule has 2 aromatic carbocycles. The summed E-state index contributed by atoms with van der Waals surface area (Å²) in [5, 5.41) is 0.838. The molecule has 0 aliphatic rings. The van der Waals surface area contributed by atoms with Crippen molar-refractivity contribution in [2.24, 2.45) is 0 Å². The van der Waals surface area contributed by atoms with Gasteiger partial charge in [-0.3, -0.25) is 4.79 Å². The van der Waals surface area contributed by atoms with Crippen LogP contribution in [-0.2, 0) is 0 Å². The van der Waals surface area contributed by atoms with Gasteiger partial charge in [-0.15, -0.1) is 11.3 Å². The van der Waals surface area contributed by atoms with Crippen molar-refractivity contribution in [1.82, 2.24) is 4.98 Å². The van der Waals surface area contributed by atoms with E-state index in [9.17, 15) is 4.79 Å². The van der Waals surface area contributed by atoms with Gasteiger partial charge in [0.2, 0.25) is 0 Å². The van der Waals surface area contributed by atoms with Crippen LogP contribution in [0, 0.1) is 0 Å². The Bertz CT molecular complexity index is 995. The molecule has 0 aliphatic carbocycles. The van der Waals surface area contributed by atoms with E-state index in [1.165, 1.54) is 6.08 Å². The molecule has 24 heavy (non-hydrogen) atoms. The highest BCUT2D eigenvalue weighted by Gasteiger charge is 2.09. The van der Waals surface area contributed by atoms with Gasteiger partial charge in [-0.25, -0.2) is 4.98 Å². The first-order valence-electron chi connectivity index (χ1n) is 7.53. The van der Waals surface area contributed by atoms with Crippen molar-refractivity contribution in [2.75, 3.05) is 0 Å². The number of rotatable bonds is 4. The van der Waals surface area contributed by atoms with Crippen LogP contribution in [0.2, 0.25) is 0 Å². The third-order valence-corrected chi connectivity index (χ3v) is 4.64. The summed E-state index contributed by atoms with van der Waals surface area (Å²) in [6.45, 7) is 0. The average Bonchev–Trinajstić information content (AvgIpc) is 3.27. The lowest BCUT2D eigenvalue weighted by Gasteiger charge is -1.93. The predicted octanol–water partition coefficient (Wildman–Crippen LogP) is 5.45. The molecule has 0 aliphatic heterocycles. The number of aromatic nitrogens is 1. The van der Waals surface area contributed by atoms with E-state index in [-0.39, 0.29) is 5.78 Å². The average molecular weight is 331 g/mol. The standard InChI is InChI=1S/C20H13NO2S/c22-17(14-6-2-1-3-7-14)12-10-15-11-13-18(23-15)20-21-16-8-4-5-9-19(16)24-20/h1-13H/b12-10+. The van der Waals surface area contributed by atoms with Crippen molar-refractivity contribution in [3.8, 4) is 10.8 Å². The van der Waals surface area contributed by atoms with Gasteiger partial charge in [0, 0.05) is 5.56 Å². The Kier molecular flexibility index (Phi) is 3.81. The normalized spacial score (nSPS) is 11.3. The minimum atomic E-state index is -0.0477. The van der Waals surface area contributed by atoms with Crippen molar-refractivity contribution in [3.63, 3.8) is 0 Å². The first-order chi connectivity index (χ1) is 11.8. The molecule has 0 spiro atoms. The molecule has 0 unspecified atom stereocenters. The monoisotopic (exact) mass is 331 g/mol. The van der Waals surface area contributed by atoms with Crippen molar-refractivity contribution in [2.45, 2.75) is 0 Å². The first-order valence-corrected chi connectivity index (χ1v) is 8.34. The third kappa shape index (κ3) is 2.92. The zero-order valence-corrected chi connectivity index (χ0v) is 13.5. The van der Waals surface area contributed by atoms with Gasteiger partial charge >= 0.3 is 0 Å². The second kappa shape index (κ2) is 6.26. The number of carbonyl (C=O) groups excluding carboxylic acids is 1. The summed E-state index contributed by atoms with van der Waals surface area (Å²) in [7, 11) is 0. The Morgan fingerprint density at radius 3 is 2.58 bits per heavy atom.